The van der Waals surface area contributed by atoms with Crippen LogP contribution in [-0.2, 0) is 0 Å². The maximum absolute atomic E-state index is 13.0. The zero-order valence-electron chi connectivity index (χ0n) is 13.7. The molecule has 24 heavy (non-hydrogen) atoms. The van der Waals surface area contributed by atoms with Gasteiger partial charge in [0.25, 0.3) is 5.91 Å². The van der Waals surface area contributed by atoms with E-state index in [1.165, 1.54) is 6.42 Å². The molecule has 122 valence electrons. The second-order valence-corrected chi connectivity index (χ2v) is 6.33. The molecule has 0 bridgehead atoms. The Morgan fingerprint density at radius 3 is 2.79 bits per heavy atom. The predicted molar refractivity (Wildman–Crippen MR) is 92.8 cm³/mol. The van der Waals surface area contributed by atoms with Gasteiger partial charge in [0.05, 0.1) is 11.9 Å². The van der Waals surface area contributed by atoms with E-state index < -0.39 is 0 Å². The molecule has 1 aliphatic heterocycles. The van der Waals surface area contributed by atoms with Crippen LogP contribution in [0.4, 0.5) is 0 Å². The maximum Gasteiger partial charge on any atom is 0.259 e. The molecule has 5 heteroatoms. The van der Waals surface area contributed by atoms with Crippen molar-refractivity contribution < 1.29 is 4.79 Å². The molecule has 0 aliphatic carbocycles. The number of hydrogen-bond donors (Lipinski definition) is 0. The number of nitrogens with zero attached hydrogens (tertiary/aromatic N) is 4. The van der Waals surface area contributed by atoms with Crippen LogP contribution in [0.1, 0.15) is 36.5 Å². The fourth-order valence-corrected chi connectivity index (χ4v) is 3.42. The summed E-state index contributed by atoms with van der Waals surface area (Å²) in [6.07, 6.45) is 6.72. The Morgan fingerprint density at radius 1 is 1.17 bits per heavy atom. The standard InChI is InChI=1S/C19H20N4O/c1-14-7-5-6-12-22(14)19(24)16-13-21-23-17(10-11-20-18(16)23)15-8-3-2-4-9-15/h2-4,8-11,13-14H,5-7,12H2,1H3/t14-/m0/s1. The Bertz CT molecular complexity index is 871. The molecule has 5 nitrogen and oxygen atoms in total. The fraction of sp³-hybridized carbons (Fsp3) is 0.316. The van der Waals surface area contributed by atoms with Crippen LogP contribution in [0.5, 0.6) is 0 Å². The average Bonchev–Trinajstić information content (AvgIpc) is 3.06. The van der Waals surface area contributed by atoms with E-state index in [2.05, 4.69) is 17.0 Å². The van der Waals surface area contributed by atoms with Crippen molar-refractivity contribution in [3.8, 4) is 11.3 Å². The third-order valence-electron chi connectivity index (χ3n) is 4.77. The summed E-state index contributed by atoms with van der Waals surface area (Å²) >= 11 is 0. The molecule has 4 rings (SSSR count). The molecule has 1 fully saturated rings. The van der Waals surface area contributed by atoms with E-state index in [1.54, 1.807) is 16.9 Å². The number of carbonyl (C=O) groups is 1. The summed E-state index contributed by atoms with van der Waals surface area (Å²) in [6, 6.07) is 12.2. The second kappa shape index (κ2) is 6.07. The lowest BCUT2D eigenvalue weighted by molar-refractivity contribution is 0.0637. The summed E-state index contributed by atoms with van der Waals surface area (Å²) in [7, 11) is 0. The van der Waals surface area contributed by atoms with Crippen molar-refractivity contribution in [2.24, 2.45) is 0 Å². The maximum atomic E-state index is 13.0. The smallest absolute Gasteiger partial charge is 0.259 e. The molecule has 0 radical (unpaired) electrons. The first-order chi connectivity index (χ1) is 11.8. The van der Waals surface area contributed by atoms with Crippen LogP contribution in [0.25, 0.3) is 16.9 Å². The van der Waals surface area contributed by atoms with Gasteiger partial charge in [0.1, 0.15) is 5.56 Å². The summed E-state index contributed by atoms with van der Waals surface area (Å²) in [5.74, 6) is 0.0370. The number of piperidine rings is 1. The van der Waals surface area contributed by atoms with Crippen molar-refractivity contribution in [1.82, 2.24) is 19.5 Å². The number of rotatable bonds is 2. The largest absolute Gasteiger partial charge is 0.336 e. The minimum Gasteiger partial charge on any atom is -0.336 e. The Morgan fingerprint density at radius 2 is 2.00 bits per heavy atom. The van der Waals surface area contributed by atoms with Gasteiger partial charge in [-0.25, -0.2) is 9.50 Å². The van der Waals surface area contributed by atoms with Crippen LogP contribution in [0, 0.1) is 0 Å². The summed E-state index contributed by atoms with van der Waals surface area (Å²) < 4.78 is 1.76. The molecule has 1 amide bonds. The molecule has 3 heterocycles. The normalized spacial score (nSPS) is 18.0. The molecule has 2 aromatic heterocycles. The van der Waals surface area contributed by atoms with Crippen LogP contribution in [-0.4, -0.2) is 38.0 Å². The molecular formula is C19H20N4O. The zero-order valence-corrected chi connectivity index (χ0v) is 13.7. The molecular weight excluding hydrogens is 300 g/mol. The summed E-state index contributed by atoms with van der Waals surface area (Å²) in [6.45, 7) is 2.93. The number of amides is 1. The number of benzene rings is 1. The van der Waals surface area contributed by atoms with Gasteiger partial charge >= 0.3 is 0 Å². The van der Waals surface area contributed by atoms with E-state index in [0.717, 1.165) is 30.6 Å². The van der Waals surface area contributed by atoms with E-state index in [1.807, 2.05) is 41.3 Å². The van der Waals surface area contributed by atoms with Gasteiger partial charge in [-0.1, -0.05) is 30.3 Å². The molecule has 0 saturated carbocycles. The third-order valence-corrected chi connectivity index (χ3v) is 4.77. The molecule has 3 aromatic rings. The molecule has 1 aromatic carbocycles. The van der Waals surface area contributed by atoms with Gasteiger partial charge in [-0.05, 0) is 32.3 Å². The van der Waals surface area contributed by atoms with Gasteiger partial charge in [-0.2, -0.15) is 5.10 Å². The van der Waals surface area contributed by atoms with Crippen LogP contribution in [0.3, 0.4) is 0 Å². The number of hydrogen-bond acceptors (Lipinski definition) is 3. The van der Waals surface area contributed by atoms with Crippen LogP contribution < -0.4 is 0 Å². The first-order valence-electron chi connectivity index (χ1n) is 8.45. The molecule has 0 spiro atoms. The average molecular weight is 320 g/mol. The van der Waals surface area contributed by atoms with E-state index in [-0.39, 0.29) is 11.9 Å². The highest BCUT2D eigenvalue weighted by atomic mass is 16.2. The minimum atomic E-state index is 0.0370. The van der Waals surface area contributed by atoms with Crippen molar-refractivity contribution in [1.29, 1.82) is 0 Å². The zero-order chi connectivity index (χ0) is 16.5. The molecule has 1 saturated heterocycles. The Kier molecular flexibility index (Phi) is 3.76. The number of aromatic nitrogens is 3. The molecule has 1 aliphatic rings. The first-order valence-corrected chi connectivity index (χ1v) is 8.45. The number of likely N-dealkylation sites (tertiary alicyclic amines) is 1. The summed E-state index contributed by atoms with van der Waals surface area (Å²) in [4.78, 5) is 19.3. The van der Waals surface area contributed by atoms with Gasteiger partial charge < -0.3 is 4.90 Å². The van der Waals surface area contributed by atoms with Crippen LogP contribution in [0.2, 0.25) is 0 Å². The summed E-state index contributed by atoms with van der Waals surface area (Å²) in [5, 5.41) is 4.44. The first kappa shape index (κ1) is 14.9. The van der Waals surface area contributed by atoms with Gasteiger partial charge in [0, 0.05) is 24.3 Å². The fourth-order valence-electron chi connectivity index (χ4n) is 3.42. The van der Waals surface area contributed by atoms with Gasteiger partial charge in [-0.15, -0.1) is 0 Å². The van der Waals surface area contributed by atoms with E-state index in [0.29, 0.717) is 11.2 Å². The summed E-state index contributed by atoms with van der Waals surface area (Å²) in [5.41, 5.74) is 3.20. The molecule has 0 unspecified atom stereocenters. The van der Waals surface area contributed by atoms with Crippen molar-refractivity contribution >= 4 is 11.6 Å². The van der Waals surface area contributed by atoms with E-state index in [9.17, 15) is 4.79 Å². The van der Waals surface area contributed by atoms with Crippen molar-refractivity contribution in [3.63, 3.8) is 0 Å². The van der Waals surface area contributed by atoms with Crippen molar-refractivity contribution in [2.75, 3.05) is 6.54 Å². The number of fused-ring (bicyclic) bond motifs is 1. The van der Waals surface area contributed by atoms with Crippen LogP contribution >= 0.6 is 0 Å². The molecule has 1 atom stereocenters. The SMILES string of the molecule is C[C@H]1CCCCN1C(=O)c1cnn2c(-c3ccccc3)ccnc12. The van der Waals surface area contributed by atoms with E-state index >= 15 is 0 Å². The van der Waals surface area contributed by atoms with E-state index in [4.69, 9.17) is 0 Å². The lowest BCUT2D eigenvalue weighted by Crippen LogP contribution is -2.42. The van der Waals surface area contributed by atoms with Gasteiger partial charge in [-0.3, -0.25) is 4.79 Å². The number of carbonyl (C=O) groups excluding carboxylic acids is 1. The van der Waals surface area contributed by atoms with Crippen molar-refractivity contribution in [2.45, 2.75) is 32.2 Å². The monoisotopic (exact) mass is 320 g/mol. The molecule has 0 N–H and O–H groups in total. The second-order valence-electron chi connectivity index (χ2n) is 6.33. The van der Waals surface area contributed by atoms with Gasteiger partial charge in [0.15, 0.2) is 5.65 Å². The lowest BCUT2D eigenvalue weighted by atomic mass is 10.0. The van der Waals surface area contributed by atoms with Crippen molar-refractivity contribution in [3.05, 3.63) is 54.4 Å². The van der Waals surface area contributed by atoms with Crippen LogP contribution in [0.15, 0.2) is 48.8 Å². The third kappa shape index (κ3) is 2.46. The highest BCUT2D eigenvalue weighted by Crippen LogP contribution is 2.24. The highest BCUT2D eigenvalue weighted by Gasteiger charge is 2.27. The Labute approximate surface area is 140 Å². The Balaban J connectivity index is 1.77. The Hall–Kier alpha value is -2.69. The highest BCUT2D eigenvalue weighted by molar-refractivity contribution is 6.00. The quantitative estimate of drug-likeness (QED) is 0.727. The van der Waals surface area contributed by atoms with Gasteiger partial charge in [0.2, 0.25) is 0 Å². The lowest BCUT2D eigenvalue weighted by Gasteiger charge is -2.33. The minimum absolute atomic E-state index is 0.0370. The predicted octanol–water partition coefficient (Wildman–Crippen LogP) is 3.41. The topological polar surface area (TPSA) is 50.5 Å².